The summed E-state index contributed by atoms with van der Waals surface area (Å²) >= 11 is 7.45. The minimum atomic E-state index is -0.748. The number of aryl methyl sites for hydroxylation is 1. The van der Waals surface area contributed by atoms with E-state index in [2.05, 4.69) is 4.98 Å². The molecule has 2 atom stereocenters. The Morgan fingerprint density at radius 1 is 1.30 bits per heavy atom. The molecule has 0 aliphatic carbocycles. The van der Waals surface area contributed by atoms with Crippen molar-refractivity contribution in [3.05, 3.63) is 50.8 Å². The fraction of sp³-hybridized carbons (Fsp3) is 0.350. The van der Waals surface area contributed by atoms with Gasteiger partial charge in [-0.2, -0.15) is 0 Å². The molecule has 0 aliphatic heterocycles. The Kier molecular flexibility index (Phi) is 5.67. The van der Waals surface area contributed by atoms with Crippen LogP contribution in [-0.2, 0) is 9.53 Å². The molecule has 0 spiro atoms. The first-order chi connectivity index (χ1) is 12.8. The van der Waals surface area contributed by atoms with Crippen molar-refractivity contribution in [3.63, 3.8) is 0 Å². The first-order valence-electron chi connectivity index (χ1n) is 8.80. The van der Waals surface area contributed by atoms with Crippen molar-refractivity contribution in [1.29, 1.82) is 0 Å². The highest BCUT2D eigenvalue weighted by molar-refractivity contribution is 7.19. The Bertz CT molecular complexity index is 1040. The predicted octanol–water partition coefficient (Wildman–Crippen LogP) is 4.99. The second kappa shape index (κ2) is 7.82. The highest BCUT2D eigenvalue weighted by Crippen LogP contribution is 2.36. The van der Waals surface area contributed by atoms with Gasteiger partial charge in [-0.3, -0.25) is 9.36 Å². The van der Waals surface area contributed by atoms with Crippen LogP contribution in [0.3, 0.4) is 0 Å². The summed E-state index contributed by atoms with van der Waals surface area (Å²) < 4.78 is 6.72. The highest BCUT2D eigenvalue weighted by atomic mass is 35.5. The third-order valence-electron chi connectivity index (χ3n) is 4.60. The van der Waals surface area contributed by atoms with Crippen LogP contribution in [0, 0.1) is 6.92 Å². The summed E-state index contributed by atoms with van der Waals surface area (Å²) in [4.78, 5) is 31.6. The highest BCUT2D eigenvalue weighted by Gasteiger charge is 2.23. The predicted molar refractivity (Wildman–Crippen MR) is 110 cm³/mol. The number of aromatic nitrogens is 2. The van der Waals surface area contributed by atoms with Crippen LogP contribution in [0.25, 0.3) is 21.3 Å². The van der Waals surface area contributed by atoms with E-state index >= 15 is 0 Å². The molecule has 0 N–H and O–H groups in total. The Balaban J connectivity index is 2.11. The third kappa shape index (κ3) is 3.77. The zero-order valence-electron chi connectivity index (χ0n) is 15.7. The summed E-state index contributed by atoms with van der Waals surface area (Å²) in [5.41, 5.74) is 1.48. The molecule has 3 rings (SSSR count). The Morgan fingerprint density at radius 2 is 1.96 bits per heavy atom. The fourth-order valence-electron chi connectivity index (χ4n) is 2.85. The molecule has 0 radical (unpaired) electrons. The molecule has 1 aromatic carbocycles. The van der Waals surface area contributed by atoms with E-state index in [4.69, 9.17) is 16.3 Å². The summed E-state index contributed by atoms with van der Waals surface area (Å²) in [7, 11) is 0. The van der Waals surface area contributed by atoms with E-state index in [-0.39, 0.29) is 11.7 Å². The summed E-state index contributed by atoms with van der Waals surface area (Å²) in [6.45, 7) is 7.38. The molecule has 5 nitrogen and oxygen atoms in total. The molecule has 27 heavy (non-hydrogen) atoms. The van der Waals surface area contributed by atoms with Crippen molar-refractivity contribution in [1.82, 2.24) is 9.55 Å². The molecule has 2 heterocycles. The Labute approximate surface area is 166 Å². The van der Waals surface area contributed by atoms with E-state index in [1.807, 2.05) is 32.9 Å². The van der Waals surface area contributed by atoms with Crippen LogP contribution in [0.4, 0.5) is 0 Å². The smallest absolute Gasteiger partial charge is 0.329 e. The summed E-state index contributed by atoms with van der Waals surface area (Å²) in [6.07, 6.45) is 1.95. The number of thiophene rings is 1. The molecule has 2 aromatic heterocycles. The van der Waals surface area contributed by atoms with Gasteiger partial charge in [-0.05, 0) is 44.9 Å². The van der Waals surface area contributed by atoms with Gasteiger partial charge in [0.1, 0.15) is 10.9 Å². The number of hydrogen-bond acceptors (Lipinski definition) is 5. The van der Waals surface area contributed by atoms with Crippen molar-refractivity contribution < 1.29 is 9.53 Å². The van der Waals surface area contributed by atoms with E-state index < -0.39 is 12.0 Å². The molecule has 7 heteroatoms. The van der Waals surface area contributed by atoms with Gasteiger partial charge in [0, 0.05) is 15.5 Å². The van der Waals surface area contributed by atoms with E-state index in [1.165, 1.54) is 22.2 Å². The number of halogens is 1. The van der Waals surface area contributed by atoms with Crippen LogP contribution >= 0.6 is 22.9 Å². The fourth-order valence-corrected chi connectivity index (χ4v) is 3.98. The zero-order valence-corrected chi connectivity index (χ0v) is 17.2. The molecule has 0 saturated carbocycles. The minimum absolute atomic E-state index is 0.194. The second-order valence-corrected chi connectivity index (χ2v) is 8.15. The minimum Gasteiger partial charge on any atom is -0.461 e. The van der Waals surface area contributed by atoms with Gasteiger partial charge >= 0.3 is 5.97 Å². The van der Waals surface area contributed by atoms with Gasteiger partial charge in [0.25, 0.3) is 5.56 Å². The molecule has 2 unspecified atom stereocenters. The van der Waals surface area contributed by atoms with Gasteiger partial charge in [-0.1, -0.05) is 30.7 Å². The Morgan fingerprint density at radius 3 is 2.59 bits per heavy atom. The number of hydrogen-bond donors (Lipinski definition) is 0. The van der Waals surface area contributed by atoms with Crippen LogP contribution in [0.5, 0.6) is 0 Å². The molecule has 0 saturated heterocycles. The topological polar surface area (TPSA) is 61.2 Å². The third-order valence-corrected chi connectivity index (χ3v) is 5.86. The van der Waals surface area contributed by atoms with E-state index in [1.54, 1.807) is 19.1 Å². The van der Waals surface area contributed by atoms with Gasteiger partial charge < -0.3 is 4.74 Å². The van der Waals surface area contributed by atoms with Gasteiger partial charge in [0.05, 0.1) is 17.8 Å². The molecule has 0 aliphatic rings. The summed E-state index contributed by atoms with van der Waals surface area (Å²) in [6, 6.07) is 6.60. The zero-order chi connectivity index (χ0) is 19.7. The van der Waals surface area contributed by atoms with Gasteiger partial charge in [-0.15, -0.1) is 11.3 Å². The quantitative estimate of drug-likeness (QED) is 0.562. The maximum Gasteiger partial charge on any atom is 0.329 e. The van der Waals surface area contributed by atoms with Crippen molar-refractivity contribution in [2.45, 2.75) is 46.3 Å². The first-order valence-corrected chi connectivity index (χ1v) is 9.99. The van der Waals surface area contributed by atoms with Crippen molar-refractivity contribution in [3.8, 4) is 11.1 Å². The number of carbonyl (C=O) groups is 1. The van der Waals surface area contributed by atoms with Crippen LogP contribution in [-0.4, -0.2) is 21.6 Å². The maximum absolute atomic E-state index is 13.2. The van der Waals surface area contributed by atoms with E-state index in [9.17, 15) is 9.59 Å². The largest absolute Gasteiger partial charge is 0.461 e. The molecular formula is C20H21ClN2O3S. The van der Waals surface area contributed by atoms with Crippen LogP contribution in [0.2, 0.25) is 5.02 Å². The van der Waals surface area contributed by atoms with Crippen LogP contribution < -0.4 is 5.56 Å². The number of carbonyl (C=O) groups excluding carboxylic acids is 1. The lowest BCUT2D eigenvalue weighted by molar-refractivity contribution is -0.152. The number of benzene rings is 1. The lowest BCUT2D eigenvalue weighted by Gasteiger charge is -2.17. The van der Waals surface area contributed by atoms with Crippen LogP contribution in [0.1, 0.15) is 38.1 Å². The normalized spacial score (nSPS) is 13.5. The maximum atomic E-state index is 13.2. The summed E-state index contributed by atoms with van der Waals surface area (Å²) in [5.74, 6) is -0.437. The Hall–Kier alpha value is -2.18. The molecule has 0 fully saturated rings. The number of nitrogens with zero attached hydrogens (tertiary/aromatic N) is 2. The number of esters is 1. The molecular weight excluding hydrogens is 384 g/mol. The van der Waals surface area contributed by atoms with E-state index in [0.29, 0.717) is 15.2 Å². The standard InChI is InChI=1S/C20H21ClN2O3S/c1-5-11(2)26-20(25)12(3)23-10-22-18-17(19(23)24)16(13(4)27-18)14-6-8-15(21)9-7-14/h6-12H,5H2,1-4H3. The monoisotopic (exact) mass is 404 g/mol. The average molecular weight is 405 g/mol. The molecule has 3 aromatic rings. The molecule has 142 valence electrons. The number of ether oxygens (including phenoxy) is 1. The number of rotatable bonds is 5. The average Bonchev–Trinajstić information content (AvgIpc) is 2.99. The van der Waals surface area contributed by atoms with Gasteiger partial charge in [0.15, 0.2) is 0 Å². The second-order valence-electron chi connectivity index (χ2n) is 6.51. The van der Waals surface area contributed by atoms with Crippen molar-refractivity contribution in [2.24, 2.45) is 0 Å². The van der Waals surface area contributed by atoms with Gasteiger partial charge in [-0.25, -0.2) is 9.78 Å². The first kappa shape index (κ1) is 19.6. The SMILES string of the molecule is CCC(C)OC(=O)C(C)n1cnc2sc(C)c(-c3ccc(Cl)cc3)c2c1=O. The summed E-state index contributed by atoms with van der Waals surface area (Å²) in [5, 5.41) is 1.15. The van der Waals surface area contributed by atoms with Crippen molar-refractivity contribution >= 4 is 39.1 Å². The molecule has 0 amide bonds. The van der Waals surface area contributed by atoms with E-state index in [0.717, 1.165) is 22.4 Å². The lowest BCUT2D eigenvalue weighted by atomic mass is 10.0. The molecule has 0 bridgehead atoms. The number of fused-ring (bicyclic) bond motifs is 1. The van der Waals surface area contributed by atoms with Gasteiger partial charge in [0.2, 0.25) is 0 Å². The lowest BCUT2D eigenvalue weighted by Crippen LogP contribution is -2.31. The van der Waals surface area contributed by atoms with Crippen LogP contribution in [0.15, 0.2) is 35.4 Å². The van der Waals surface area contributed by atoms with Crippen molar-refractivity contribution in [2.75, 3.05) is 0 Å².